The van der Waals surface area contributed by atoms with Gasteiger partial charge in [0.2, 0.25) is 52.2 Å². The van der Waals surface area contributed by atoms with Crippen molar-refractivity contribution in [3.8, 4) is 11.5 Å². The number of hydrogen-bond acceptors (Lipinski definition) is 4. The largest absolute Gasteiger partial charge is 0.417 e. The lowest BCUT2D eigenvalue weighted by Crippen LogP contribution is -2.20. The van der Waals surface area contributed by atoms with Crippen molar-refractivity contribution in [1.29, 1.82) is 0 Å². The third-order valence-corrected chi connectivity index (χ3v) is 3.33. The summed E-state index contributed by atoms with van der Waals surface area (Å²) in [4.78, 5) is 23.1. The SMILES string of the molecule is C=C(C)C(=O)Oc1c(F)c(F)c(C(=O)Oc2c(F)c(F)c(F)c(F)c2F)c(F)c1F. The predicted octanol–water partition coefficient (Wildman–Crippen LogP) is 4.64. The molecule has 4 nitrogen and oxygen atoms in total. The molecule has 0 aliphatic heterocycles. The molecule has 2 rings (SSSR count). The number of esters is 2. The molecule has 0 saturated heterocycles. The van der Waals surface area contributed by atoms with Crippen molar-refractivity contribution in [2.45, 2.75) is 6.92 Å². The van der Waals surface area contributed by atoms with Gasteiger partial charge < -0.3 is 9.47 Å². The monoisotopic (exact) mass is 444 g/mol. The van der Waals surface area contributed by atoms with Crippen LogP contribution in [0.25, 0.3) is 0 Å². The number of carbonyl (C=O) groups is 2. The van der Waals surface area contributed by atoms with E-state index in [2.05, 4.69) is 16.1 Å². The smallest absolute Gasteiger partial charge is 0.349 e. The van der Waals surface area contributed by atoms with Gasteiger partial charge >= 0.3 is 11.9 Å². The van der Waals surface area contributed by atoms with Crippen molar-refractivity contribution in [2.75, 3.05) is 0 Å². The van der Waals surface area contributed by atoms with Gasteiger partial charge in [-0.3, -0.25) is 0 Å². The van der Waals surface area contributed by atoms with E-state index in [0.29, 0.717) is 0 Å². The first-order valence-corrected chi connectivity index (χ1v) is 7.28. The first-order valence-electron chi connectivity index (χ1n) is 7.28. The molecular formula is C17H5F9O4. The van der Waals surface area contributed by atoms with Gasteiger partial charge in [0.25, 0.3) is 0 Å². The molecule has 0 aromatic heterocycles. The lowest BCUT2D eigenvalue weighted by Gasteiger charge is -2.12. The Morgan fingerprint density at radius 2 is 0.933 bits per heavy atom. The first kappa shape index (κ1) is 22.8. The Balaban J connectivity index is 2.58. The fraction of sp³-hybridized carbons (Fsp3) is 0.0588. The van der Waals surface area contributed by atoms with Gasteiger partial charge in [-0.05, 0) is 6.92 Å². The molecule has 13 heteroatoms. The minimum absolute atomic E-state index is 0.440. The van der Waals surface area contributed by atoms with E-state index in [1.54, 1.807) is 0 Å². The molecule has 0 amide bonds. The zero-order valence-corrected chi connectivity index (χ0v) is 14.2. The highest BCUT2D eigenvalue weighted by Crippen LogP contribution is 2.33. The van der Waals surface area contributed by atoms with E-state index in [1.165, 1.54) is 0 Å². The van der Waals surface area contributed by atoms with E-state index in [4.69, 9.17) is 0 Å². The summed E-state index contributed by atoms with van der Waals surface area (Å²) in [5, 5.41) is 0. The topological polar surface area (TPSA) is 52.6 Å². The van der Waals surface area contributed by atoms with E-state index in [-0.39, 0.29) is 0 Å². The van der Waals surface area contributed by atoms with Crippen LogP contribution in [0, 0.1) is 52.4 Å². The van der Waals surface area contributed by atoms with Crippen LogP contribution in [-0.2, 0) is 4.79 Å². The minimum atomic E-state index is -2.66. The molecule has 0 saturated carbocycles. The van der Waals surface area contributed by atoms with E-state index in [9.17, 15) is 49.1 Å². The molecule has 160 valence electrons. The molecule has 0 N–H and O–H groups in total. The number of rotatable bonds is 4. The normalized spacial score (nSPS) is 10.7. The molecule has 0 unspecified atom stereocenters. The Kier molecular flexibility index (Phi) is 6.14. The summed E-state index contributed by atoms with van der Waals surface area (Å²) in [6.45, 7) is 4.06. The average Bonchev–Trinajstić information content (AvgIpc) is 2.69. The zero-order chi connectivity index (χ0) is 23.1. The fourth-order valence-electron chi connectivity index (χ4n) is 1.88. The van der Waals surface area contributed by atoms with Gasteiger partial charge in [-0.15, -0.1) is 0 Å². The van der Waals surface area contributed by atoms with Gasteiger partial charge in [0.1, 0.15) is 5.56 Å². The van der Waals surface area contributed by atoms with Crippen LogP contribution in [0.15, 0.2) is 12.2 Å². The van der Waals surface area contributed by atoms with Gasteiger partial charge in [-0.2, -0.15) is 17.6 Å². The van der Waals surface area contributed by atoms with Crippen LogP contribution in [0.4, 0.5) is 39.5 Å². The molecule has 0 radical (unpaired) electrons. The molecule has 2 aromatic carbocycles. The summed E-state index contributed by atoms with van der Waals surface area (Å²) in [6.07, 6.45) is 0. The molecule has 2 aromatic rings. The lowest BCUT2D eigenvalue weighted by atomic mass is 10.1. The number of hydrogen-bond donors (Lipinski definition) is 0. The third-order valence-electron chi connectivity index (χ3n) is 3.33. The molecule has 30 heavy (non-hydrogen) atoms. The molecule has 0 fully saturated rings. The first-order chi connectivity index (χ1) is 13.8. The maximum absolute atomic E-state index is 14.0. The number of halogens is 9. The molecule has 0 spiro atoms. The molecular weight excluding hydrogens is 439 g/mol. The van der Waals surface area contributed by atoms with Gasteiger partial charge in [0.05, 0.1) is 0 Å². The Hall–Kier alpha value is -3.51. The average molecular weight is 444 g/mol. The predicted molar refractivity (Wildman–Crippen MR) is 77.9 cm³/mol. The van der Waals surface area contributed by atoms with Crippen LogP contribution >= 0.6 is 0 Å². The summed E-state index contributed by atoms with van der Waals surface area (Å²) < 4.78 is 130. The maximum Gasteiger partial charge on any atom is 0.349 e. The number of benzene rings is 2. The summed E-state index contributed by atoms with van der Waals surface area (Å²) >= 11 is 0. The summed E-state index contributed by atoms with van der Waals surface area (Å²) in [6, 6.07) is 0. The van der Waals surface area contributed by atoms with Gasteiger partial charge in [-0.25, -0.2) is 31.5 Å². The number of ether oxygens (including phenoxy) is 2. The number of carbonyl (C=O) groups excluding carboxylic acids is 2. The Bertz CT molecular complexity index is 1050. The highest BCUT2D eigenvalue weighted by molar-refractivity contribution is 5.92. The summed E-state index contributed by atoms with van der Waals surface area (Å²) in [7, 11) is 0. The van der Waals surface area contributed by atoms with Crippen LogP contribution in [0.1, 0.15) is 17.3 Å². The van der Waals surface area contributed by atoms with E-state index < -0.39 is 86.9 Å². The van der Waals surface area contributed by atoms with Crippen molar-refractivity contribution in [3.63, 3.8) is 0 Å². The van der Waals surface area contributed by atoms with Gasteiger partial charge in [0, 0.05) is 5.57 Å². The third kappa shape index (κ3) is 3.69. The second-order valence-corrected chi connectivity index (χ2v) is 5.42. The van der Waals surface area contributed by atoms with Crippen molar-refractivity contribution in [2.24, 2.45) is 0 Å². The molecule has 0 aliphatic rings. The molecule has 0 heterocycles. The fourth-order valence-corrected chi connectivity index (χ4v) is 1.88. The maximum atomic E-state index is 14.0. The molecule has 0 bridgehead atoms. The second-order valence-electron chi connectivity index (χ2n) is 5.42. The summed E-state index contributed by atoms with van der Waals surface area (Å²) in [5.41, 5.74) is -2.69. The zero-order valence-electron chi connectivity index (χ0n) is 14.2. The Morgan fingerprint density at radius 1 is 0.600 bits per heavy atom. The van der Waals surface area contributed by atoms with Crippen molar-refractivity contribution in [3.05, 3.63) is 70.1 Å². The highest BCUT2D eigenvalue weighted by atomic mass is 19.2. The van der Waals surface area contributed by atoms with Crippen LogP contribution in [0.2, 0.25) is 0 Å². The van der Waals surface area contributed by atoms with Crippen molar-refractivity contribution in [1.82, 2.24) is 0 Å². The van der Waals surface area contributed by atoms with Crippen LogP contribution in [0.5, 0.6) is 11.5 Å². The standard InChI is InChI=1S/C17H5F9O4/c1-3(2)16(27)29-14-10(23)5(18)4(6(19)11(14)24)17(28)30-15-12(25)8(21)7(20)9(22)13(15)26/h1H2,2H3. The second kappa shape index (κ2) is 8.08. The Morgan fingerprint density at radius 3 is 1.33 bits per heavy atom. The van der Waals surface area contributed by atoms with Crippen LogP contribution in [-0.4, -0.2) is 11.9 Å². The van der Waals surface area contributed by atoms with Crippen LogP contribution in [0.3, 0.4) is 0 Å². The van der Waals surface area contributed by atoms with Crippen LogP contribution < -0.4 is 9.47 Å². The lowest BCUT2D eigenvalue weighted by molar-refractivity contribution is -0.130. The Labute approximate surface area is 160 Å². The van der Waals surface area contributed by atoms with E-state index in [0.717, 1.165) is 6.92 Å². The van der Waals surface area contributed by atoms with Crippen molar-refractivity contribution >= 4 is 11.9 Å². The molecule has 0 aliphatic carbocycles. The highest BCUT2D eigenvalue weighted by Gasteiger charge is 2.35. The van der Waals surface area contributed by atoms with Gasteiger partial charge in [-0.1, -0.05) is 6.58 Å². The van der Waals surface area contributed by atoms with E-state index >= 15 is 0 Å². The summed E-state index contributed by atoms with van der Waals surface area (Å²) in [5.74, 6) is -31.4. The van der Waals surface area contributed by atoms with Crippen molar-refractivity contribution < 1.29 is 58.6 Å². The van der Waals surface area contributed by atoms with E-state index in [1.807, 2.05) is 0 Å². The quantitative estimate of drug-likeness (QED) is 0.172. The minimum Gasteiger partial charge on any atom is -0.417 e. The van der Waals surface area contributed by atoms with Gasteiger partial charge in [0.15, 0.2) is 11.6 Å². The molecule has 0 atom stereocenters.